The first-order valence-corrected chi connectivity index (χ1v) is 8.66. The van der Waals surface area contributed by atoms with Crippen LogP contribution in [0.4, 0.5) is 10.5 Å². The lowest BCUT2D eigenvalue weighted by atomic mass is 9.92. The molecule has 0 aromatic heterocycles. The molecular weight excluding hydrogens is 372 g/mol. The number of nitrogens with zero attached hydrogens (tertiary/aromatic N) is 1. The van der Waals surface area contributed by atoms with Crippen molar-refractivity contribution in [2.45, 2.75) is 19.4 Å². The van der Waals surface area contributed by atoms with Gasteiger partial charge in [0.25, 0.3) is 5.91 Å². The van der Waals surface area contributed by atoms with Crippen LogP contribution in [0.15, 0.2) is 48.5 Å². The topological polar surface area (TPSA) is 73.5 Å². The van der Waals surface area contributed by atoms with E-state index in [9.17, 15) is 9.59 Å². The Balaban J connectivity index is 1.73. The number of halogens is 1. The van der Waals surface area contributed by atoms with Crippen molar-refractivity contribution in [3.63, 3.8) is 0 Å². The molecule has 2 aromatic carbocycles. The van der Waals surface area contributed by atoms with E-state index in [1.807, 2.05) is 31.2 Å². The molecule has 2 aromatic rings. The van der Waals surface area contributed by atoms with Crippen molar-refractivity contribution in [1.29, 1.82) is 0 Å². The van der Waals surface area contributed by atoms with Crippen molar-refractivity contribution in [2.24, 2.45) is 0 Å². The maximum atomic E-state index is 12.8. The zero-order valence-electron chi connectivity index (χ0n) is 14.2. The predicted molar refractivity (Wildman–Crippen MR) is 105 cm³/mol. The molecule has 1 heterocycles. The molecule has 1 atom stereocenters. The summed E-state index contributed by atoms with van der Waals surface area (Å²) in [6, 6.07) is 13.8. The van der Waals surface area contributed by atoms with Crippen LogP contribution in [-0.4, -0.2) is 22.1 Å². The number of rotatable bonds is 3. The van der Waals surface area contributed by atoms with E-state index in [2.05, 4.69) is 16.1 Å². The highest BCUT2D eigenvalue weighted by molar-refractivity contribution is 7.80. The van der Waals surface area contributed by atoms with Gasteiger partial charge in [-0.1, -0.05) is 48.0 Å². The minimum atomic E-state index is -1.16. The standard InChI is InChI=1S/C18H17ClN4O2S/c1-11-8-9-13(10-14(11)19)20-16(26)22-23-15(24)18(2,21-17(23)25)12-6-4-3-5-7-12/h3-10H,1-2H3,(H,21,25)(H2,20,22,26)/t18-/m1/s1. The third kappa shape index (κ3) is 3.36. The molecule has 1 aliphatic heterocycles. The number of hydrogen-bond donors (Lipinski definition) is 3. The summed E-state index contributed by atoms with van der Waals surface area (Å²) in [5.41, 5.74) is 3.75. The number of carbonyl (C=O) groups excluding carboxylic acids is 2. The summed E-state index contributed by atoms with van der Waals surface area (Å²) < 4.78 is 0. The van der Waals surface area contributed by atoms with Crippen molar-refractivity contribution >= 4 is 46.6 Å². The fourth-order valence-electron chi connectivity index (χ4n) is 2.64. The number of amides is 3. The Bertz CT molecular complexity index is 890. The van der Waals surface area contributed by atoms with Crippen LogP contribution < -0.4 is 16.1 Å². The third-order valence-corrected chi connectivity index (χ3v) is 4.79. The first-order chi connectivity index (χ1) is 12.3. The number of anilines is 1. The Morgan fingerprint density at radius 1 is 1.19 bits per heavy atom. The smallest absolute Gasteiger partial charge is 0.331 e. The lowest BCUT2D eigenvalue weighted by Crippen LogP contribution is -2.49. The summed E-state index contributed by atoms with van der Waals surface area (Å²) in [6.45, 7) is 3.54. The van der Waals surface area contributed by atoms with Crippen LogP contribution in [0.3, 0.4) is 0 Å². The Morgan fingerprint density at radius 2 is 1.88 bits per heavy atom. The van der Waals surface area contributed by atoms with Crippen LogP contribution in [0.25, 0.3) is 0 Å². The second-order valence-electron chi connectivity index (χ2n) is 6.09. The molecule has 0 aliphatic carbocycles. The monoisotopic (exact) mass is 388 g/mol. The SMILES string of the molecule is Cc1ccc(NC(=S)NN2C(=O)N[C@](C)(c3ccccc3)C2=O)cc1Cl. The zero-order chi connectivity index (χ0) is 18.9. The molecule has 1 saturated heterocycles. The molecule has 1 aliphatic rings. The second-order valence-corrected chi connectivity index (χ2v) is 6.91. The van der Waals surface area contributed by atoms with Crippen molar-refractivity contribution < 1.29 is 9.59 Å². The van der Waals surface area contributed by atoms with Crippen LogP contribution in [-0.2, 0) is 10.3 Å². The molecule has 0 bridgehead atoms. The molecule has 0 radical (unpaired) electrons. The summed E-state index contributed by atoms with van der Waals surface area (Å²) in [4.78, 5) is 25.1. The van der Waals surface area contributed by atoms with Crippen LogP contribution >= 0.6 is 23.8 Å². The number of urea groups is 1. The van der Waals surface area contributed by atoms with Crippen LogP contribution in [0.2, 0.25) is 5.02 Å². The highest BCUT2D eigenvalue weighted by Crippen LogP contribution is 2.27. The minimum absolute atomic E-state index is 0.103. The van der Waals surface area contributed by atoms with Gasteiger partial charge < -0.3 is 10.6 Å². The summed E-state index contributed by atoms with van der Waals surface area (Å²) in [5.74, 6) is -0.445. The average molecular weight is 389 g/mol. The molecule has 3 N–H and O–H groups in total. The number of aryl methyl sites for hydroxylation is 1. The highest BCUT2D eigenvalue weighted by Gasteiger charge is 2.49. The van der Waals surface area contributed by atoms with Gasteiger partial charge in [0, 0.05) is 10.7 Å². The van der Waals surface area contributed by atoms with Crippen molar-refractivity contribution in [3.05, 3.63) is 64.7 Å². The largest absolute Gasteiger partial charge is 0.344 e. The fraction of sp³-hybridized carbons (Fsp3) is 0.167. The van der Waals surface area contributed by atoms with Crippen LogP contribution in [0.5, 0.6) is 0 Å². The Hall–Kier alpha value is -2.64. The van der Waals surface area contributed by atoms with E-state index >= 15 is 0 Å². The van der Waals surface area contributed by atoms with E-state index in [-0.39, 0.29) is 5.11 Å². The Labute approximate surface area is 161 Å². The van der Waals surface area contributed by atoms with Crippen molar-refractivity contribution in [2.75, 3.05) is 5.32 Å². The molecule has 26 heavy (non-hydrogen) atoms. The lowest BCUT2D eigenvalue weighted by Gasteiger charge is -2.22. The summed E-state index contributed by atoms with van der Waals surface area (Å²) >= 11 is 11.3. The van der Waals surface area contributed by atoms with Gasteiger partial charge in [0.2, 0.25) is 0 Å². The van der Waals surface area contributed by atoms with Gasteiger partial charge in [-0.05, 0) is 49.3 Å². The average Bonchev–Trinajstić information content (AvgIpc) is 2.83. The van der Waals surface area contributed by atoms with Gasteiger partial charge in [-0.15, -0.1) is 0 Å². The van der Waals surface area contributed by atoms with Crippen molar-refractivity contribution in [3.8, 4) is 0 Å². The highest BCUT2D eigenvalue weighted by atomic mass is 35.5. The second kappa shape index (κ2) is 6.93. The molecule has 3 rings (SSSR count). The molecule has 134 valence electrons. The number of thiocarbonyl (C=S) groups is 1. The third-order valence-electron chi connectivity index (χ3n) is 4.19. The molecule has 1 fully saturated rings. The molecule has 0 spiro atoms. The van der Waals surface area contributed by atoms with E-state index in [1.54, 1.807) is 31.2 Å². The van der Waals surface area contributed by atoms with Gasteiger partial charge >= 0.3 is 6.03 Å². The molecule has 6 nitrogen and oxygen atoms in total. The zero-order valence-corrected chi connectivity index (χ0v) is 15.7. The Morgan fingerprint density at radius 3 is 2.54 bits per heavy atom. The van der Waals surface area contributed by atoms with E-state index in [4.69, 9.17) is 23.8 Å². The van der Waals surface area contributed by atoms with Gasteiger partial charge in [0.1, 0.15) is 5.54 Å². The van der Waals surface area contributed by atoms with Crippen LogP contribution in [0, 0.1) is 6.92 Å². The number of carbonyl (C=O) groups is 2. The summed E-state index contributed by atoms with van der Waals surface area (Å²) in [7, 11) is 0. The molecule has 0 saturated carbocycles. The van der Waals surface area contributed by atoms with Crippen LogP contribution in [0.1, 0.15) is 18.1 Å². The van der Waals surface area contributed by atoms with E-state index < -0.39 is 17.5 Å². The summed E-state index contributed by atoms with van der Waals surface area (Å²) in [6.07, 6.45) is 0. The number of benzene rings is 2. The number of nitrogens with one attached hydrogen (secondary N) is 3. The number of imide groups is 1. The molecule has 0 unspecified atom stereocenters. The van der Waals surface area contributed by atoms with Crippen molar-refractivity contribution in [1.82, 2.24) is 15.8 Å². The number of hydrogen-bond acceptors (Lipinski definition) is 3. The minimum Gasteiger partial charge on any atom is -0.331 e. The molecule has 8 heteroatoms. The first-order valence-electron chi connectivity index (χ1n) is 7.87. The summed E-state index contributed by atoms with van der Waals surface area (Å²) in [5, 5.41) is 7.17. The first kappa shape index (κ1) is 18.2. The maximum Gasteiger partial charge on any atom is 0.344 e. The maximum absolute atomic E-state index is 12.8. The Kier molecular flexibility index (Phi) is 4.84. The quantitative estimate of drug-likeness (QED) is 0.555. The lowest BCUT2D eigenvalue weighted by molar-refractivity contribution is -0.132. The fourth-order valence-corrected chi connectivity index (χ4v) is 3.03. The van der Waals surface area contributed by atoms with Gasteiger partial charge in [-0.2, -0.15) is 5.01 Å². The van der Waals surface area contributed by atoms with E-state index in [0.29, 0.717) is 16.3 Å². The van der Waals surface area contributed by atoms with E-state index in [1.165, 1.54) is 0 Å². The van der Waals surface area contributed by atoms with Gasteiger partial charge in [-0.3, -0.25) is 10.2 Å². The van der Waals surface area contributed by atoms with E-state index in [0.717, 1.165) is 10.6 Å². The normalized spacial score (nSPS) is 19.3. The predicted octanol–water partition coefficient (Wildman–Crippen LogP) is 3.32. The molecule has 3 amide bonds. The van der Waals surface area contributed by atoms with Gasteiger partial charge in [0.05, 0.1) is 0 Å². The van der Waals surface area contributed by atoms with Gasteiger partial charge in [0.15, 0.2) is 5.11 Å². The van der Waals surface area contributed by atoms with Gasteiger partial charge in [-0.25, -0.2) is 4.79 Å². The number of hydrazine groups is 1. The molecular formula is C18H17ClN4O2S.